The van der Waals surface area contributed by atoms with E-state index in [0.29, 0.717) is 6.42 Å². The van der Waals surface area contributed by atoms with Gasteiger partial charge in [0.25, 0.3) is 0 Å². The van der Waals surface area contributed by atoms with Crippen LogP contribution in [0.1, 0.15) is 26.2 Å². The minimum absolute atomic E-state index is 0.0923. The molecule has 1 fully saturated rings. The molecule has 1 heterocycles. The molecule has 0 spiro atoms. The summed E-state index contributed by atoms with van der Waals surface area (Å²) in [5.74, 6) is 0.0923. The molecule has 0 amide bonds. The molecule has 0 aromatic heterocycles. The van der Waals surface area contributed by atoms with Crippen LogP contribution in [0.25, 0.3) is 0 Å². The maximum absolute atomic E-state index is 10.9. The second-order valence-corrected chi connectivity index (χ2v) is 4.99. The Kier molecular flexibility index (Phi) is 2.78. The van der Waals surface area contributed by atoms with Crippen molar-refractivity contribution in [1.82, 2.24) is 0 Å². The number of quaternary nitrogens is 1. The van der Waals surface area contributed by atoms with Gasteiger partial charge in [-0.3, -0.25) is 4.79 Å². The Morgan fingerprint density at radius 3 is 2.23 bits per heavy atom. The van der Waals surface area contributed by atoms with E-state index in [0.717, 1.165) is 30.4 Å². The zero-order chi connectivity index (χ0) is 10.1. The van der Waals surface area contributed by atoms with E-state index in [1.165, 1.54) is 0 Å². The van der Waals surface area contributed by atoms with Gasteiger partial charge < -0.3 is 9.59 Å². The van der Waals surface area contributed by atoms with Crippen LogP contribution in [0.2, 0.25) is 0 Å². The average Bonchev–Trinajstić information content (AvgIpc) is 1.95. The SMILES string of the molecule is CC(=O)CC1(O)CC[N+](C)(C)CC1. The molecule has 3 heteroatoms. The number of aliphatic hydroxyl groups is 1. The van der Waals surface area contributed by atoms with Crippen LogP contribution in [0.5, 0.6) is 0 Å². The molecule has 0 radical (unpaired) electrons. The minimum Gasteiger partial charge on any atom is -0.389 e. The maximum atomic E-state index is 10.9. The summed E-state index contributed by atoms with van der Waals surface area (Å²) in [6, 6.07) is 0. The van der Waals surface area contributed by atoms with E-state index < -0.39 is 5.60 Å². The van der Waals surface area contributed by atoms with Crippen molar-refractivity contribution in [3.8, 4) is 0 Å². The van der Waals surface area contributed by atoms with Crippen LogP contribution in [0.3, 0.4) is 0 Å². The molecule has 0 saturated carbocycles. The highest BCUT2D eigenvalue weighted by molar-refractivity contribution is 5.76. The van der Waals surface area contributed by atoms with Gasteiger partial charge in [-0.05, 0) is 6.92 Å². The third kappa shape index (κ3) is 3.08. The van der Waals surface area contributed by atoms with Crippen molar-refractivity contribution in [2.24, 2.45) is 0 Å². The number of likely N-dealkylation sites (tertiary alicyclic amines) is 1. The van der Waals surface area contributed by atoms with Crippen molar-refractivity contribution in [2.75, 3.05) is 27.2 Å². The third-order valence-electron chi connectivity index (χ3n) is 2.94. The smallest absolute Gasteiger partial charge is 0.132 e. The molecule has 3 nitrogen and oxygen atoms in total. The number of rotatable bonds is 2. The Hall–Kier alpha value is -0.410. The van der Waals surface area contributed by atoms with Gasteiger partial charge in [0.15, 0.2) is 0 Å². The molecule has 76 valence electrons. The molecule has 1 N–H and O–H groups in total. The number of carbonyl (C=O) groups is 1. The van der Waals surface area contributed by atoms with Gasteiger partial charge in [-0.1, -0.05) is 0 Å². The Balaban J connectivity index is 2.51. The molecular weight excluding hydrogens is 166 g/mol. The predicted octanol–water partition coefficient (Wildman–Crippen LogP) is 0.567. The van der Waals surface area contributed by atoms with Crippen molar-refractivity contribution in [2.45, 2.75) is 31.8 Å². The van der Waals surface area contributed by atoms with Gasteiger partial charge >= 0.3 is 0 Å². The maximum Gasteiger partial charge on any atom is 0.132 e. The standard InChI is InChI=1S/C10H20NO2/c1-9(12)8-10(13)4-6-11(2,3)7-5-10/h13H,4-8H2,1-3H3/q+1. The first kappa shape index (κ1) is 10.7. The molecule has 1 aliphatic heterocycles. The van der Waals surface area contributed by atoms with Gasteiger partial charge in [-0.25, -0.2) is 0 Å². The lowest BCUT2D eigenvalue weighted by molar-refractivity contribution is -0.897. The predicted molar refractivity (Wildman–Crippen MR) is 51.3 cm³/mol. The lowest BCUT2D eigenvalue weighted by atomic mass is 9.86. The summed E-state index contributed by atoms with van der Waals surface area (Å²) in [5, 5.41) is 10.0. The number of piperidine rings is 1. The van der Waals surface area contributed by atoms with Crippen LogP contribution >= 0.6 is 0 Å². The number of hydrogen-bond donors (Lipinski definition) is 1. The highest BCUT2D eigenvalue weighted by atomic mass is 16.3. The second-order valence-electron chi connectivity index (χ2n) is 4.99. The van der Waals surface area contributed by atoms with E-state index in [1.54, 1.807) is 6.92 Å². The molecular formula is C10H20NO2+. The third-order valence-corrected chi connectivity index (χ3v) is 2.94. The molecule has 0 aliphatic carbocycles. The van der Waals surface area contributed by atoms with Gasteiger partial charge in [0.1, 0.15) is 5.78 Å². The minimum atomic E-state index is -0.709. The van der Waals surface area contributed by atoms with Crippen LogP contribution in [-0.2, 0) is 4.79 Å². The van der Waals surface area contributed by atoms with Crippen molar-refractivity contribution in [1.29, 1.82) is 0 Å². The first-order valence-corrected chi connectivity index (χ1v) is 4.87. The van der Waals surface area contributed by atoms with Crippen LogP contribution in [0, 0.1) is 0 Å². The van der Waals surface area contributed by atoms with Crippen molar-refractivity contribution >= 4 is 5.78 Å². The van der Waals surface area contributed by atoms with Gasteiger partial charge in [-0.2, -0.15) is 0 Å². The summed E-state index contributed by atoms with van der Waals surface area (Å²) in [5.41, 5.74) is -0.709. The normalized spacial score (nSPS) is 25.5. The topological polar surface area (TPSA) is 37.3 Å². The Morgan fingerprint density at radius 1 is 1.38 bits per heavy atom. The van der Waals surface area contributed by atoms with Crippen molar-refractivity contribution in [3.05, 3.63) is 0 Å². The van der Waals surface area contributed by atoms with Gasteiger partial charge in [-0.15, -0.1) is 0 Å². The summed E-state index contributed by atoms with van der Waals surface area (Å²) in [4.78, 5) is 10.9. The monoisotopic (exact) mass is 186 g/mol. The molecule has 0 aromatic rings. The average molecular weight is 186 g/mol. The highest BCUT2D eigenvalue weighted by Gasteiger charge is 2.37. The zero-order valence-corrected chi connectivity index (χ0v) is 8.84. The molecule has 0 aromatic carbocycles. The fourth-order valence-electron chi connectivity index (χ4n) is 1.90. The quantitative estimate of drug-likeness (QED) is 0.640. The van der Waals surface area contributed by atoms with Crippen LogP contribution in [0.4, 0.5) is 0 Å². The Bertz CT molecular complexity index is 201. The van der Waals surface area contributed by atoms with Crippen molar-refractivity contribution in [3.63, 3.8) is 0 Å². The fourth-order valence-corrected chi connectivity index (χ4v) is 1.90. The molecule has 13 heavy (non-hydrogen) atoms. The molecule has 0 bridgehead atoms. The molecule has 0 unspecified atom stereocenters. The first-order valence-electron chi connectivity index (χ1n) is 4.87. The number of ketones is 1. The molecule has 1 saturated heterocycles. The summed E-state index contributed by atoms with van der Waals surface area (Å²) in [7, 11) is 4.32. The van der Waals surface area contributed by atoms with Crippen LogP contribution in [0.15, 0.2) is 0 Å². The largest absolute Gasteiger partial charge is 0.389 e. The van der Waals surface area contributed by atoms with E-state index in [4.69, 9.17) is 0 Å². The number of hydrogen-bond acceptors (Lipinski definition) is 2. The number of Topliss-reactive ketones (excluding diaryl/α,β-unsaturated/α-hetero) is 1. The number of nitrogens with zero attached hydrogens (tertiary/aromatic N) is 1. The molecule has 1 rings (SSSR count). The van der Waals surface area contributed by atoms with Crippen LogP contribution in [-0.4, -0.2) is 48.2 Å². The summed E-state index contributed by atoms with van der Waals surface area (Å²) in [6.45, 7) is 3.47. The summed E-state index contributed by atoms with van der Waals surface area (Å²) in [6.07, 6.45) is 1.83. The Labute approximate surface area is 79.9 Å². The van der Waals surface area contributed by atoms with E-state index in [2.05, 4.69) is 14.1 Å². The van der Waals surface area contributed by atoms with Gasteiger partial charge in [0.2, 0.25) is 0 Å². The van der Waals surface area contributed by atoms with Crippen molar-refractivity contribution < 1.29 is 14.4 Å². The lowest BCUT2D eigenvalue weighted by Gasteiger charge is -2.41. The summed E-state index contributed by atoms with van der Waals surface area (Å²) >= 11 is 0. The molecule has 0 atom stereocenters. The first-order chi connectivity index (χ1) is 5.83. The van der Waals surface area contributed by atoms with E-state index in [1.807, 2.05) is 0 Å². The second kappa shape index (κ2) is 3.39. The number of carbonyl (C=O) groups excluding carboxylic acids is 1. The fraction of sp³-hybridized carbons (Fsp3) is 0.900. The summed E-state index contributed by atoms with van der Waals surface area (Å²) < 4.78 is 0.959. The van der Waals surface area contributed by atoms with E-state index in [9.17, 15) is 9.90 Å². The van der Waals surface area contributed by atoms with Gasteiger partial charge in [0, 0.05) is 19.3 Å². The van der Waals surface area contributed by atoms with E-state index >= 15 is 0 Å². The zero-order valence-electron chi connectivity index (χ0n) is 8.84. The van der Waals surface area contributed by atoms with Gasteiger partial charge in [0.05, 0.1) is 32.8 Å². The van der Waals surface area contributed by atoms with Crippen LogP contribution < -0.4 is 0 Å². The highest BCUT2D eigenvalue weighted by Crippen LogP contribution is 2.27. The molecule has 1 aliphatic rings. The van der Waals surface area contributed by atoms with E-state index in [-0.39, 0.29) is 5.78 Å². The Morgan fingerprint density at radius 2 is 1.85 bits per heavy atom. The lowest BCUT2D eigenvalue weighted by Crippen LogP contribution is -2.52.